The first kappa shape index (κ1) is 10.2. The smallest absolute Gasteiger partial charge is 0.165 e. The van der Waals surface area contributed by atoms with Gasteiger partial charge < -0.3 is 5.73 Å². The first-order valence-corrected chi connectivity index (χ1v) is 4.91. The standard InChI is InChI=1S/C9H9BrFNO/c10-4-3-9(13)7-2-1-6(11)5-8(7)12/h1-2,5H,3-4,12H2. The van der Waals surface area contributed by atoms with Crippen molar-refractivity contribution in [2.45, 2.75) is 6.42 Å². The number of benzene rings is 1. The summed E-state index contributed by atoms with van der Waals surface area (Å²) in [5, 5.41) is 0.586. The van der Waals surface area contributed by atoms with Crippen LogP contribution >= 0.6 is 15.9 Å². The van der Waals surface area contributed by atoms with Crippen molar-refractivity contribution in [1.29, 1.82) is 0 Å². The zero-order valence-corrected chi connectivity index (χ0v) is 8.47. The Kier molecular flexibility index (Phi) is 3.42. The lowest BCUT2D eigenvalue weighted by Gasteiger charge is -2.02. The van der Waals surface area contributed by atoms with Gasteiger partial charge in [0.1, 0.15) is 5.82 Å². The Morgan fingerprint density at radius 1 is 1.54 bits per heavy atom. The zero-order chi connectivity index (χ0) is 9.84. The summed E-state index contributed by atoms with van der Waals surface area (Å²) in [6.45, 7) is 0. The van der Waals surface area contributed by atoms with Crippen LogP contribution in [0, 0.1) is 5.82 Å². The summed E-state index contributed by atoms with van der Waals surface area (Å²) in [6.07, 6.45) is 0.371. The van der Waals surface area contributed by atoms with E-state index in [4.69, 9.17) is 5.73 Å². The van der Waals surface area contributed by atoms with Crippen LogP contribution in [0.2, 0.25) is 0 Å². The summed E-state index contributed by atoms with van der Waals surface area (Å²) < 4.78 is 12.6. The van der Waals surface area contributed by atoms with Crippen molar-refractivity contribution in [1.82, 2.24) is 0 Å². The highest BCUT2D eigenvalue weighted by atomic mass is 79.9. The molecule has 0 aliphatic rings. The summed E-state index contributed by atoms with van der Waals surface area (Å²) in [4.78, 5) is 11.3. The fraction of sp³-hybridized carbons (Fsp3) is 0.222. The summed E-state index contributed by atoms with van der Waals surface area (Å²) >= 11 is 3.15. The maximum atomic E-state index is 12.6. The molecule has 0 aliphatic carbocycles. The van der Waals surface area contributed by atoms with Gasteiger partial charge in [-0.15, -0.1) is 0 Å². The summed E-state index contributed by atoms with van der Waals surface area (Å²) in [6, 6.07) is 3.80. The van der Waals surface area contributed by atoms with Crippen molar-refractivity contribution in [3.05, 3.63) is 29.6 Å². The topological polar surface area (TPSA) is 43.1 Å². The molecule has 0 spiro atoms. The molecule has 70 valence electrons. The maximum absolute atomic E-state index is 12.6. The van der Waals surface area contributed by atoms with Crippen LogP contribution < -0.4 is 5.73 Å². The molecule has 0 fully saturated rings. The average Bonchev–Trinajstić information content (AvgIpc) is 2.04. The van der Waals surface area contributed by atoms with Crippen LogP contribution in [0.25, 0.3) is 0 Å². The first-order chi connectivity index (χ1) is 6.15. The molecule has 0 aromatic heterocycles. The number of hydrogen-bond acceptors (Lipinski definition) is 2. The van der Waals surface area contributed by atoms with Gasteiger partial charge in [0, 0.05) is 23.0 Å². The molecule has 1 aromatic carbocycles. The number of nitrogens with two attached hydrogens (primary N) is 1. The average molecular weight is 246 g/mol. The van der Waals surface area contributed by atoms with Crippen LogP contribution in [-0.2, 0) is 0 Å². The molecule has 1 aromatic rings. The van der Waals surface area contributed by atoms with E-state index >= 15 is 0 Å². The van der Waals surface area contributed by atoms with Gasteiger partial charge in [0.05, 0.1) is 0 Å². The summed E-state index contributed by atoms with van der Waals surface area (Å²) in [5.41, 5.74) is 6.07. The summed E-state index contributed by atoms with van der Waals surface area (Å²) in [5.74, 6) is -0.498. The van der Waals surface area contributed by atoms with Crippen molar-refractivity contribution in [3.8, 4) is 0 Å². The second-order valence-electron chi connectivity index (χ2n) is 2.59. The second-order valence-corrected chi connectivity index (χ2v) is 3.39. The molecule has 0 saturated heterocycles. The van der Waals surface area contributed by atoms with Crippen LogP contribution in [-0.4, -0.2) is 11.1 Å². The number of Topliss-reactive ketones (excluding diaryl/α,β-unsaturated/α-hetero) is 1. The second kappa shape index (κ2) is 4.37. The molecule has 1 rings (SSSR count). The normalized spacial score (nSPS) is 10.0. The SMILES string of the molecule is Nc1cc(F)ccc1C(=O)CCBr. The Labute approximate surface area is 84.1 Å². The lowest BCUT2D eigenvalue weighted by Crippen LogP contribution is -2.04. The lowest BCUT2D eigenvalue weighted by molar-refractivity contribution is 0.0990. The third-order valence-corrected chi connectivity index (χ3v) is 2.03. The maximum Gasteiger partial charge on any atom is 0.165 e. The van der Waals surface area contributed by atoms with E-state index in [0.29, 0.717) is 17.3 Å². The number of anilines is 1. The molecule has 0 amide bonds. The van der Waals surface area contributed by atoms with Gasteiger partial charge in [0.2, 0.25) is 0 Å². The van der Waals surface area contributed by atoms with Crippen molar-refractivity contribution in [2.24, 2.45) is 0 Å². The van der Waals surface area contributed by atoms with Gasteiger partial charge in [0.15, 0.2) is 5.78 Å². The molecule has 0 radical (unpaired) electrons. The van der Waals surface area contributed by atoms with Gasteiger partial charge >= 0.3 is 0 Å². The fourth-order valence-electron chi connectivity index (χ4n) is 1.01. The van der Waals surface area contributed by atoms with Crippen molar-refractivity contribution < 1.29 is 9.18 Å². The van der Waals surface area contributed by atoms with E-state index in [1.165, 1.54) is 12.1 Å². The number of alkyl halides is 1. The van der Waals surface area contributed by atoms with E-state index in [0.717, 1.165) is 6.07 Å². The van der Waals surface area contributed by atoms with Gasteiger partial charge in [-0.2, -0.15) is 0 Å². The van der Waals surface area contributed by atoms with E-state index in [2.05, 4.69) is 15.9 Å². The number of carbonyl (C=O) groups is 1. The van der Waals surface area contributed by atoms with Crippen molar-refractivity contribution >= 4 is 27.4 Å². The molecular formula is C9H9BrFNO. The molecule has 0 bridgehead atoms. The number of ketones is 1. The predicted octanol–water partition coefficient (Wildman–Crippen LogP) is 2.38. The molecule has 2 nitrogen and oxygen atoms in total. The zero-order valence-electron chi connectivity index (χ0n) is 6.89. The number of rotatable bonds is 3. The molecular weight excluding hydrogens is 237 g/mol. The third-order valence-electron chi connectivity index (χ3n) is 1.64. The lowest BCUT2D eigenvalue weighted by atomic mass is 10.1. The summed E-state index contributed by atoms with van der Waals surface area (Å²) in [7, 11) is 0. The Morgan fingerprint density at radius 3 is 2.77 bits per heavy atom. The van der Waals surface area contributed by atoms with E-state index < -0.39 is 5.82 Å². The number of hydrogen-bond donors (Lipinski definition) is 1. The van der Waals surface area contributed by atoms with Crippen LogP contribution in [0.5, 0.6) is 0 Å². The fourth-order valence-corrected chi connectivity index (χ4v) is 1.37. The van der Waals surface area contributed by atoms with Gasteiger partial charge in [-0.05, 0) is 18.2 Å². The van der Waals surface area contributed by atoms with E-state index in [9.17, 15) is 9.18 Å². The first-order valence-electron chi connectivity index (χ1n) is 3.79. The van der Waals surface area contributed by atoms with Gasteiger partial charge in [0.25, 0.3) is 0 Å². The highest BCUT2D eigenvalue weighted by molar-refractivity contribution is 9.09. The molecule has 0 atom stereocenters. The number of carbonyl (C=O) groups excluding carboxylic acids is 1. The molecule has 4 heteroatoms. The Balaban J connectivity index is 2.95. The monoisotopic (exact) mass is 245 g/mol. The molecule has 13 heavy (non-hydrogen) atoms. The largest absolute Gasteiger partial charge is 0.398 e. The Morgan fingerprint density at radius 2 is 2.23 bits per heavy atom. The van der Waals surface area contributed by atoms with Crippen molar-refractivity contribution in [2.75, 3.05) is 11.1 Å². The molecule has 0 unspecified atom stereocenters. The van der Waals surface area contributed by atoms with E-state index in [1.807, 2.05) is 0 Å². The van der Waals surface area contributed by atoms with E-state index in [1.54, 1.807) is 0 Å². The van der Waals surface area contributed by atoms with Crippen LogP contribution in [0.3, 0.4) is 0 Å². The third kappa shape index (κ3) is 2.52. The van der Waals surface area contributed by atoms with Gasteiger partial charge in [-0.25, -0.2) is 4.39 Å². The van der Waals surface area contributed by atoms with Crippen LogP contribution in [0.4, 0.5) is 10.1 Å². The number of halogens is 2. The molecule has 0 saturated carbocycles. The van der Waals surface area contributed by atoms with Crippen molar-refractivity contribution in [3.63, 3.8) is 0 Å². The number of nitrogen functional groups attached to an aromatic ring is 1. The minimum Gasteiger partial charge on any atom is -0.398 e. The molecule has 0 aliphatic heterocycles. The predicted molar refractivity (Wildman–Crippen MR) is 53.6 cm³/mol. The highest BCUT2D eigenvalue weighted by Crippen LogP contribution is 2.15. The Bertz CT molecular complexity index is 327. The van der Waals surface area contributed by atoms with Crippen LogP contribution in [0.1, 0.15) is 16.8 Å². The molecule has 2 N–H and O–H groups in total. The highest BCUT2D eigenvalue weighted by Gasteiger charge is 2.08. The minimum atomic E-state index is -0.423. The van der Waals surface area contributed by atoms with Gasteiger partial charge in [-0.1, -0.05) is 15.9 Å². The van der Waals surface area contributed by atoms with Crippen LogP contribution in [0.15, 0.2) is 18.2 Å². The Hall–Kier alpha value is -0.900. The van der Waals surface area contributed by atoms with Gasteiger partial charge in [-0.3, -0.25) is 4.79 Å². The van der Waals surface area contributed by atoms with E-state index in [-0.39, 0.29) is 11.5 Å². The molecule has 0 heterocycles. The minimum absolute atomic E-state index is 0.0747. The quantitative estimate of drug-likeness (QED) is 0.505.